The van der Waals surface area contributed by atoms with Crippen molar-refractivity contribution in [2.75, 3.05) is 0 Å². The number of benzene rings is 1. The van der Waals surface area contributed by atoms with Crippen LogP contribution in [0.15, 0.2) is 18.2 Å². The second-order valence-corrected chi connectivity index (χ2v) is 5.74. The van der Waals surface area contributed by atoms with Crippen LogP contribution in [0.1, 0.15) is 19.7 Å². The summed E-state index contributed by atoms with van der Waals surface area (Å²) in [6.45, 7) is 4.79. The zero-order valence-electron chi connectivity index (χ0n) is 11.6. The van der Waals surface area contributed by atoms with Gasteiger partial charge in [0.05, 0.1) is 10.8 Å². The first-order valence-corrected chi connectivity index (χ1v) is 7.27. The van der Waals surface area contributed by atoms with E-state index in [0.29, 0.717) is 29.7 Å². The molecule has 1 aromatic carbocycles. The molecule has 0 aliphatic rings. The van der Waals surface area contributed by atoms with Crippen LogP contribution >= 0.6 is 23.2 Å². The predicted octanol–water partition coefficient (Wildman–Crippen LogP) is 3.90. The highest BCUT2D eigenvalue weighted by atomic mass is 35.5. The molecule has 0 saturated heterocycles. The largest absolute Gasteiger partial charge is 0.310 e. The number of nitrogens with zero attached hydrogens (tertiary/aromatic N) is 4. The van der Waals surface area contributed by atoms with Gasteiger partial charge in [-0.1, -0.05) is 25.4 Å². The third-order valence-electron chi connectivity index (χ3n) is 2.85. The zero-order chi connectivity index (χ0) is 15.6. The van der Waals surface area contributed by atoms with E-state index in [1.54, 1.807) is 6.07 Å². The van der Waals surface area contributed by atoms with Gasteiger partial charge >= 0.3 is 0 Å². The molecule has 2 rings (SSSR count). The van der Waals surface area contributed by atoms with Crippen LogP contribution in [-0.4, -0.2) is 19.7 Å². The van der Waals surface area contributed by atoms with Gasteiger partial charge in [-0.05, 0) is 12.0 Å². The van der Waals surface area contributed by atoms with Crippen LogP contribution in [0.5, 0.6) is 0 Å². The highest BCUT2D eigenvalue weighted by molar-refractivity contribution is 6.31. The molecule has 0 unspecified atom stereocenters. The fourth-order valence-electron chi connectivity index (χ4n) is 2.01. The molecular formula is C13H14Cl2N4O2. The summed E-state index contributed by atoms with van der Waals surface area (Å²) in [5.41, 5.74) is 0.475. The highest BCUT2D eigenvalue weighted by Gasteiger charge is 2.17. The van der Waals surface area contributed by atoms with Crippen LogP contribution < -0.4 is 0 Å². The zero-order valence-corrected chi connectivity index (χ0v) is 13.1. The third-order valence-corrected chi connectivity index (χ3v) is 3.30. The topological polar surface area (TPSA) is 73.8 Å². The van der Waals surface area contributed by atoms with Crippen molar-refractivity contribution in [3.63, 3.8) is 0 Å². The maximum Gasteiger partial charge on any atom is 0.271 e. The summed E-state index contributed by atoms with van der Waals surface area (Å²) in [6.07, 6.45) is 0. The van der Waals surface area contributed by atoms with E-state index < -0.39 is 4.92 Å². The van der Waals surface area contributed by atoms with Gasteiger partial charge in [0.2, 0.25) is 0 Å². The summed E-state index contributed by atoms with van der Waals surface area (Å²) in [5, 5.41) is 19.4. The van der Waals surface area contributed by atoms with E-state index in [1.807, 2.05) is 4.57 Å². The minimum absolute atomic E-state index is 0.0796. The van der Waals surface area contributed by atoms with Crippen molar-refractivity contribution in [3.05, 3.63) is 39.2 Å². The SMILES string of the molecule is CC(C)Cn1c(CCl)nnc1-c1cc(Cl)cc([N+](=O)[O-])c1. The van der Waals surface area contributed by atoms with Crippen molar-refractivity contribution >= 4 is 28.9 Å². The first-order chi connectivity index (χ1) is 9.92. The second-order valence-electron chi connectivity index (χ2n) is 5.03. The van der Waals surface area contributed by atoms with Gasteiger partial charge < -0.3 is 4.57 Å². The van der Waals surface area contributed by atoms with Crippen LogP contribution in [-0.2, 0) is 12.4 Å². The molecule has 21 heavy (non-hydrogen) atoms. The number of hydrogen-bond acceptors (Lipinski definition) is 4. The summed E-state index contributed by atoms with van der Waals surface area (Å²) in [7, 11) is 0. The van der Waals surface area contributed by atoms with Crippen LogP contribution in [0, 0.1) is 16.0 Å². The standard InChI is InChI=1S/C13H14Cl2N4O2/c1-8(2)7-18-12(6-14)16-17-13(18)9-3-10(15)5-11(4-9)19(20)21/h3-5,8H,6-7H2,1-2H3. The third kappa shape index (κ3) is 3.51. The molecule has 0 aliphatic carbocycles. The number of nitro benzene ring substituents is 1. The Morgan fingerprint density at radius 1 is 1.33 bits per heavy atom. The highest BCUT2D eigenvalue weighted by Crippen LogP contribution is 2.28. The molecule has 1 aromatic heterocycles. The monoisotopic (exact) mass is 328 g/mol. The van der Waals surface area contributed by atoms with Crippen molar-refractivity contribution in [1.29, 1.82) is 0 Å². The molecule has 0 radical (unpaired) electrons. The van der Waals surface area contributed by atoms with Crippen LogP contribution in [0.4, 0.5) is 5.69 Å². The predicted molar refractivity (Wildman–Crippen MR) is 81.5 cm³/mol. The lowest BCUT2D eigenvalue weighted by Gasteiger charge is -2.12. The fraction of sp³-hybridized carbons (Fsp3) is 0.385. The van der Waals surface area contributed by atoms with Crippen LogP contribution in [0.2, 0.25) is 5.02 Å². The maximum absolute atomic E-state index is 10.9. The average molecular weight is 329 g/mol. The average Bonchev–Trinajstić information content (AvgIpc) is 2.80. The van der Waals surface area contributed by atoms with Gasteiger partial charge in [0.1, 0.15) is 5.82 Å². The molecule has 0 N–H and O–H groups in total. The summed E-state index contributed by atoms with van der Waals surface area (Å²) >= 11 is 11.8. The van der Waals surface area contributed by atoms with Gasteiger partial charge in [0.25, 0.3) is 5.69 Å². The first kappa shape index (κ1) is 15.7. The molecule has 112 valence electrons. The minimum atomic E-state index is -0.485. The quantitative estimate of drug-likeness (QED) is 0.474. The second kappa shape index (κ2) is 6.41. The van der Waals surface area contributed by atoms with Crippen molar-refractivity contribution in [2.45, 2.75) is 26.3 Å². The Hall–Kier alpha value is -1.66. The summed E-state index contributed by atoms with van der Waals surface area (Å²) in [4.78, 5) is 10.5. The molecule has 0 spiro atoms. The Kier molecular flexibility index (Phi) is 4.80. The molecule has 0 aliphatic heterocycles. The lowest BCUT2D eigenvalue weighted by Crippen LogP contribution is -2.09. The number of nitro groups is 1. The molecule has 0 saturated carbocycles. The van der Waals surface area contributed by atoms with E-state index in [0.717, 1.165) is 0 Å². The van der Waals surface area contributed by atoms with Crippen molar-refractivity contribution in [2.24, 2.45) is 5.92 Å². The van der Waals surface area contributed by atoms with E-state index in [4.69, 9.17) is 23.2 Å². The van der Waals surface area contributed by atoms with Gasteiger partial charge in [-0.15, -0.1) is 21.8 Å². The number of hydrogen-bond donors (Lipinski definition) is 0. The lowest BCUT2D eigenvalue weighted by atomic mass is 10.1. The molecule has 0 amide bonds. The Morgan fingerprint density at radius 2 is 2.05 bits per heavy atom. The minimum Gasteiger partial charge on any atom is -0.310 e. The number of aromatic nitrogens is 3. The number of rotatable bonds is 5. The molecule has 2 aromatic rings. The Morgan fingerprint density at radius 3 is 2.62 bits per heavy atom. The Labute approximate surface area is 131 Å². The van der Waals surface area contributed by atoms with E-state index in [9.17, 15) is 10.1 Å². The lowest BCUT2D eigenvalue weighted by molar-refractivity contribution is -0.384. The summed E-state index contributed by atoms with van der Waals surface area (Å²) in [5.74, 6) is 1.74. The Bertz CT molecular complexity index is 670. The first-order valence-electron chi connectivity index (χ1n) is 6.35. The van der Waals surface area contributed by atoms with Gasteiger partial charge in [0, 0.05) is 29.3 Å². The molecule has 1 heterocycles. The van der Waals surface area contributed by atoms with E-state index >= 15 is 0 Å². The van der Waals surface area contributed by atoms with Crippen molar-refractivity contribution in [3.8, 4) is 11.4 Å². The van der Waals surface area contributed by atoms with Crippen molar-refractivity contribution < 1.29 is 4.92 Å². The van der Waals surface area contributed by atoms with Gasteiger partial charge in [0.15, 0.2) is 5.82 Å². The molecular weight excluding hydrogens is 315 g/mol. The number of alkyl halides is 1. The maximum atomic E-state index is 10.9. The van der Waals surface area contributed by atoms with E-state index in [2.05, 4.69) is 24.0 Å². The Balaban J connectivity index is 2.56. The summed E-state index contributed by atoms with van der Waals surface area (Å²) < 4.78 is 1.87. The van der Waals surface area contributed by atoms with Gasteiger partial charge in [-0.3, -0.25) is 10.1 Å². The van der Waals surface area contributed by atoms with Gasteiger partial charge in [-0.2, -0.15) is 0 Å². The molecule has 6 nitrogen and oxygen atoms in total. The van der Waals surface area contributed by atoms with E-state index in [-0.39, 0.29) is 16.6 Å². The smallest absolute Gasteiger partial charge is 0.271 e. The number of halogens is 2. The molecule has 8 heteroatoms. The van der Waals surface area contributed by atoms with Gasteiger partial charge in [-0.25, -0.2) is 0 Å². The normalized spacial score (nSPS) is 11.1. The molecule has 0 fully saturated rings. The van der Waals surface area contributed by atoms with Crippen LogP contribution in [0.3, 0.4) is 0 Å². The van der Waals surface area contributed by atoms with Crippen LogP contribution in [0.25, 0.3) is 11.4 Å². The van der Waals surface area contributed by atoms with Crippen molar-refractivity contribution in [1.82, 2.24) is 14.8 Å². The van der Waals surface area contributed by atoms with E-state index in [1.165, 1.54) is 12.1 Å². The number of non-ortho nitro benzene ring substituents is 1. The fourth-order valence-corrected chi connectivity index (χ4v) is 2.44. The molecule has 0 atom stereocenters. The summed E-state index contributed by atoms with van der Waals surface area (Å²) in [6, 6.07) is 4.37. The molecule has 0 bridgehead atoms.